The van der Waals surface area contributed by atoms with Gasteiger partial charge in [-0.1, -0.05) is 0 Å². The van der Waals surface area contributed by atoms with Crippen LogP contribution in [0.4, 0.5) is 4.79 Å². The predicted molar refractivity (Wildman–Crippen MR) is 88.0 cm³/mol. The fourth-order valence-electron chi connectivity index (χ4n) is 2.18. The molecule has 2 atom stereocenters. The van der Waals surface area contributed by atoms with E-state index >= 15 is 0 Å². The van der Waals surface area contributed by atoms with Crippen LogP contribution in [0.2, 0.25) is 0 Å². The molecule has 6 heteroatoms. The van der Waals surface area contributed by atoms with Gasteiger partial charge in [0.1, 0.15) is 0 Å². The number of hydrogen-bond donors (Lipinski definition) is 3. The molecule has 2 heterocycles. The molecule has 0 saturated carbocycles. The smallest absolute Gasteiger partial charge is 0.315 e. The molecule has 0 aliphatic carbocycles. The molecule has 0 bridgehead atoms. The van der Waals surface area contributed by atoms with Crippen molar-refractivity contribution >= 4 is 28.7 Å². The molecule has 114 valence electrons. The average molecular weight is 324 g/mol. The zero-order chi connectivity index (χ0) is 15.4. The first kappa shape index (κ1) is 16.0. The molecule has 3 N–H and O–H groups in total. The molecular formula is C15H20N2O2S2. The van der Waals surface area contributed by atoms with Crippen LogP contribution in [0.1, 0.15) is 40.0 Å². The van der Waals surface area contributed by atoms with Gasteiger partial charge in [0.15, 0.2) is 0 Å². The lowest BCUT2D eigenvalue weighted by atomic mass is 10.1. The molecule has 2 rings (SSSR count). The van der Waals surface area contributed by atoms with Crippen molar-refractivity contribution in [1.29, 1.82) is 0 Å². The quantitative estimate of drug-likeness (QED) is 0.788. The van der Waals surface area contributed by atoms with Gasteiger partial charge < -0.3 is 15.7 Å². The Hall–Kier alpha value is -1.37. The minimum Gasteiger partial charge on any atom is -0.387 e. The standard InChI is InChI=1S/C15H20N2O2S2/c1-9-6-13(11(3)21-9)10(2)17-15(19)16-7-14(18)12-4-5-20-8-12/h4-6,8,10,14,18H,7H2,1-3H3,(H2,16,17,19). The lowest BCUT2D eigenvalue weighted by Gasteiger charge is -2.16. The van der Waals surface area contributed by atoms with Crippen molar-refractivity contribution in [2.45, 2.75) is 32.9 Å². The summed E-state index contributed by atoms with van der Waals surface area (Å²) in [6.45, 7) is 6.29. The van der Waals surface area contributed by atoms with Crippen LogP contribution in [-0.2, 0) is 0 Å². The molecule has 0 saturated heterocycles. The maximum atomic E-state index is 11.9. The molecule has 0 spiro atoms. The zero-order valence-electron chi connectivity index (χ0n) is 12.3. The number of rotatable bonds is 5. The van der Waals surface area contributed by atoms with Crippen molar-refractivity contribution in [3.63, 3.8) is 0 Å². The Kier molecular flexibility index (Phi) is 5.39. The van der Waals surface area contributed by atoms with Gasteiger partial charge in [-0.25, -0.2) is 4.79 Å². The van der Waals surface area contributed by atoms with E-state index in [1.807, 2.05) is 23.8 Å². The minimum absolute atomic E-state index is 0.0479. The largest absolute Gasteiger partial charge is 0.387 e. The van der Waals surface area contributed by atoms with E-state index in [4.69, 9.17) is 0 Å². The first-order chi connectivity index (χ1) is 9.97. The molecule has 0 aliphatic rings. The Balaban J connectivity index is 1.83. The number of aliphatic hydroxyl groups is 1. The number of amides is 2. The van der Waals surface area contributed by atoms with Crippen molar-refractivity contribution in [1.82, 2.24) is 10.6 Å². The van der Waals surface area contributed by atoms with E-state index in [1.54, 1.807) is 11.3 Å². The third kappa shape index (κ3) is 4.30. The van der Waals surface area contributed by atoms with Crippen molar-refractivity contribution < 1.29 is 9.90 Å². The molecule has 2 amide bonds. The van der Waals surface area contributed by atoms with Crippen molar-refractivity contribution in [3.05, 3.63) is 43.8 Å². The van der Waals surface area contributed by atoms with Crippen LogP contribution < -0.4 is 10.6 Å². The summed E-state index contributed by atoms with van der Waals surface area (Å²) in [6, 6.07) is 3.65. The van der Waals surface area contributed by atoms with Crippen LogP contribution >= 0.6 is 22.7 Å². The van der Waals surface area contributed by atoms with E-state index < -0.39 is 6.10 Å². The Labute approximate surface area is 132 Å². The van der Waals surface area contributed by atoms with Crippen LogP contribution in [0.5, 0.6) is 0 Å². The van der Waals surface area contributed by atoms with Gasteiger partial charge in [0.25, 0.3) is 0 Å². The maximum Gasteiger partial charge on any atom is 0.315 e. The summed E-state index contributed by atoms with van der Waals surface area (Å²) in [5.74, 6) is 0. The molecule has 0 aliphatic heterocycles. The summed E-state index contributed by atoms with van der Waals surface area (Å²) in [7, 11) is 0. The second kappa shape index (κ2) is 7.06. The van der Waals surface area contributed by atoms with E-state index in [0.29, 0.717) is 0 Å². The number of nitrogens with one attached hydrogen (secondary N) is 2. The minimum atomic E-state index is -0.664. The number of urea groups is 1. The number of carbonyl (C=O) groups is 1. The highest BCUT2D eigenvalue weighted by molar-refractivity contribution is 7.12. The molecule has 2 aromatic heterocycles. The number of hydrogen-bond acceptors (Lipinski definition) is 4. The molecule has 2 aromatic rings. The van der Waals surface area contributed by atoms with Crippen LogP contribution in [0.15, 0.2) is 22.9 Å². The van der Waals surface area contributed by atoms with Gasteiger partial charge in [-0.2, -0.15) is 11.3 Å². The Morgan fingerprint density at radius 3 is 2.76 bits per heavy atom. The van der Waals surface area contributed by atoms with Crippen molar-refractivity contribution in [2.24, 2.45) is 0 Å². The molecule has 0 fully saturated rings. The van der Waals surface area contributed by atoms with E-state index in [1.165, 1.54) is 21.1 Å². The SMILES string of the molecule is Cc1cc(C(C)NC(=O)NCC(O)c2ccsc2)c(C)s1. The topological polar surface area (TPSA) is 61.4 Å². The molecule has 21 heavy (non-hydrogen) atoms. The van der Waals surface area contributed by atoms with E-state index in [2.05, 4.69) is 30.5 Å². The first-order valence-electron chi connectivity index (χ1n) is 6.79. The van der Waals surface area contributed by atoms with Crippen LogP contribution in [-0.4, -0.2) is 17.7 Å². The van der Waals surface area contributed by atoms with Crippen molar-refractivity contribution in [3.8, 4) is 0 Å². The van der Waals surface area contributed by atoms with Gasteiger partial charge in [-0.3, -0.25) is 0 Å². The fraction of sp³-hybridized carbons (Fsp3) is 0.400. The maximum absolute atomic E-state index is 11.9. The second-order valence-electron chi connectivity index (χ2n) is 5.02. The predicted octanol–water partition coefficient (Wildman–Crippen LogP) is 3.52. The number of aliphatic hydroxyl groups excluding tert-OH is 1. The molecule has 2 unspecified atom stereocenters. The highest BCUT2D eigenvalue weighted by Crippen LogP contribution is 2.26. The van der Waals surface area contributed by atoms with Gasteiger partial charge >= 0.3 is 6.03 Å². The van der Waals surface area contributed by atoms with Gasteiger partial charge in [0.05, 0.1) is 12.1 Å². The van der Waals surface area contributed by atoms with E-state index in [9.17, 15) is 9.90 Å². The number of aryl methyl sites for hydroxylation is 2. The Bertz CT molecular complexity index is 593. The zero-order valence-corrected chi connectivity index (χ0v) is 14.0. The van der Waals surface area contributed by atoms with Crippen LogP contribution in [0.3, 0.4) is 0 Å². The molecule has 0 aromatic carbocycles. The van der Waals surface area contributed by atoms with Crippen LogP contribution in [0.25, 0.3) is 0 Å². The molecule has 4 nitrogen and oxygen atoms in total. The summed E-state index contributed by atoms with van der Waals surface area (Å²) in [6.07, 6.45) is -0.664. The Morgan fingerprint density at radius 2 is 2.19 bits per heavy atom. The van der Waals surface area contributed by atoms with Crippen molar-refractivity contribution in [2.75, 3.05) is 6.54 Å². The summed E-state index contributed by atoms with van der Waals surface area (Å²) in [5, 5.41) is 19.3. The van der Waals surface area contributed by atoms with Gasteiger partial charge in [0, 0.05) is 16.3 Å². The van der Waals surface area contributed by atoms with Gasteiger partial charge in [0.2, 0.25) is 0 Å². The lowest BCUT2D eigenvalue weighted by Crippen LogP contribution is -2.39. The number of thiophene rings is 2. The fourth-order valence-corrected chi connectivity index (χ4v) is 3.91. The van der Waals surface area contributed by atoms with Gasteiger partial charge in [-0.05, 0) is 54.8 Å². The first-order valence-corrected chi connectivity index (χ1v) is 8.54. The average Bonchev–Trinajstić information content (AvgIpc) is 3.05. The van der Waals surface area contributed by atoms with Crippen LogP contribution in [0, 0.1) is 13.8 Å². The molecule has 0 radical (unpaired) electrons. The summed E-state index contributed by atoms with van der Waals surface area (Å²) >= 11 is 3.26. The van der Waals surface area contributed by atoms with E-state index in [-0.39, 0.29) is 18.6 Å². The molecular weight excluding hydrogens is 304 g/mol. The lowest BCUT2D eigenvalue weighted by molar-refractivity contribution is 0.173. The normalized spacial score (nSPS) is 13.7. The monoisotopic (exact) mass is 324 g/mol. The Morgan fingerprint density at radius 1 is 1.43 bits per heavy atom. The van der Waals surface area contributed by atoms with E-state index in [0.717, 1.165) is 11.1 Å². The number of carbonyl (C=O) groups excluding carboxylic acids is 1. The third-order valence-corrected chi connectivity index (χ3v) is 4.96. The third-order valence-electron chi connectivity index (χ3n) is 3.28. The van der Waals surface area contributed by atoms with Gasteiger partial charge in [-0.15, -0.1) is 11.3 Å². The summed E-state index contributed by atoms with van der Waals surface area (Å²) < 4.78 is 0. The summed E-state index contributed by atoms with van der Waals surface area (Å²) in [5.41, 5.74) is 1.98. The summed E-state index contributed by atoms with van der Waals surface area (Å²) in [4.78, 5) is 14.4. The highest BCUT2D eigenvalue weighted by Gasteiger charge is 2.15. The highest BCUT2D eigenvalue weighted by atomic mass is 32.1. The second-order valence-corrected chi connectivity index (χ2v) is 7.26.